The van der Waals surface area contributed by atoms with Crippen molar-refractivity contribution in [2.75, 3.05) is 0 Å². The lowest BCUT2D eigenvalue weighted by atomic mass is 9.59. The molecule has 9 atom stereocenters. The van der Waals surface area contributed by atoms with Gasteiger partial charge >= 0.3 is 11.9 Å². The van der Waals surface area contributed by atoms with E-state index in [1.54, 1.807) is 39.0 Å². The highest BCUT2D eigenvalue weighted by molar-refractivity contribution is 6.00. The second-order valence-corrected chi connectivity index (χ2v) is 12.2. The maximum absolute atomic E-state index is 13.1. The molecule has 0 bridgehead atoms. The number of aliphatic hydroxyl groups excluding tert-OH is 1. The van der Waals surface area contributed by atoms with Gasteiger partial charge in [0, 0.05) is 42.1 Å². The normalized spacial score (nSPS) is 40.5. The van der Waals surface area contributed by atoms with Crippen LogP contribution in [-0.2, 0) is 23.9 Å². The average Bonchev–Trinajstić information content (AvgIpc) is 3.20. The van der Waals surface area contributed by atoms with Gasteiger partial charge in [-0.3, -0.25) is 9.59 Å². The van der Waals surface area contributed by atoms with Crippen LogP contribution in [-0.4, -0.2) is 51.3 Å². The fourth-order valence-electron chi connectivity index (χ4n) is 7.75. The van der Waals surface area contributed by atoms with Crippen LogP contribution in [0.25, 0.3) is 0 Å². The number of Topliss-reactive ketones (excluding diaryl/α,β-unsaturated/α-hetero) is 1. The molecule has 39 heavy (non-hydrogen) atoms. The van der Waals surface area contributed by atoms with Gasteiger partial charge in [-0.25, -0.2) is 4.79 Å². The molecule has 0 aliphatic heterocycles. The van der Waals surface area contributed by atoms with Crippen molar-refractivity contribution in [3.05, 3.63) is 59.8 Å². The van der Waals surface area contributed by atoms with Crippen LogP contribution in [0.3, 0.4) is 0 Å². The number of allylic oxidation sites excluding steroid dienone is 6. The highest BCUT2D eigenvalue weighted by Crippen LogP contribution is 2.76. The number of fused-ring (bicyclic) bond motifs is 5. The summed E-state index contributed by atoms with van der Waals surface area (Å²) in [5, 5.41) is 23.8. The minimum Gasteiger partial charge on any atom is -0.455 e. The van der Waals surface area contributed by atoms with Gasteiger partial charge in [0.2, 0.25) is 0 Å². The van der Waals surface area contributed by atoms with Crippen molar-refractivity contribution in [2.24, 2.45) is 35.0 Å². The molecule has 0 spiro atoms. The van der Waals surface area contributed by atoms with Crippen LogP contribution in [0.2, 0.25) is 0 Å². The third kappa shape index (κ3) is 4.38. The molecule has 0 aromatic carbocycles. The summed E-state index contributed by atoms with van der Waals surface area (Å²) in [5.74, 6) is -4.48. The van der Waals surface area contributed by atoms with Crippen LogP contribution in [0.15, 0.2) is 59.8 Å². The molecule has 4 rings (SSSR count). The minimum atomic E-state index is -1.53. The van der Waals surface area contributed by atoms with Gasteiger partial charge in [0.05, 0.1) is 17.6 Å². The van der Waals surface area contributed by atoms with Crippen molar-refractivity contribution in [2.45, 2.75) is 84.7 Å². The van der Waals surface area contributed by atoms with E-state index in [0.717, 1.165) is 12.8 Å². The Balaban J connectivity index is 1.75. The molecule has 0 saturated heterocycles. The third-order valence-electron chi connectivity index (χ3n) is 9.67. The van der Waals surface area contributed by atoms with Gasteiger partial charge in [-0.2, -0.15) is 0 Å². The molecule has 212 valence electrons. The first-order valence-corrected chi connectivity index (χ1v) is 14.0. The van der Waals surface area contributed by atoms with Gasteiger partial charge in [-0.15, -0.1) is 0 Å². The number of carbonyl (C=O) groups is 3. The average molecular weight is 539 g/mol. The number of carbonyl (C=O) groups excluding carboxylic acids is 3. The van der Waals surface area contributed by atoms with E-state index in [4.69, 9.17) is 9.47 Å². The highest BCUT2D eigenvalue weighted by Gasteiger charge is 2.87. The van der Waals surface area contributed by atoms with E-state index < -0.39 is 70.4 Å². The zero-order chi connectivity index (χ0) is 28.9. The van der Waals surface area contributed by atoms with Gasteiger partial charge in [-0.1, -0.05) is 76.6 Å². The van der Waals surface area contributed by atoms with E-state index in [2.05, 4.69) is 6.92 Å². The first-order chi connectivity index (χ1) is 18.3. The van der Waals surface area contributed by atoms with Crippen LogP contribution in [0.1, 0.15) is 61.3 Å². The number of hydrogen-bond donors (Lipinski definition) is 2. The van der Waals surface area contributed by atoms with E-state index in [1.165, 1.54) is 13.0 Å². The summed E-state index contributed by atoms with van der Waals surface area (Å²) in [4.78, 5) is 38.6. The van der Waals surface area contributed by atoms with Crippen molar-refractivity contribution >= 4 is 17.7 Å². The number of esters is 2. The van der Waals surface area contributed by atoms with E-state index in [9.17, 15) is 24.6 Å². The fraction of sp³-hybridized carbons (Fsp3) is 0.594. The summed E-state index contributed by atoms with van der Waals surface area (Å²) in [7, 11) is 0. The van der Waals surface area contributed by atoms with Crippen molar-refractivity contribution in [3.63, 3.8) is 0 Å². The quantitative estimate of drug-likeness (QED) is 0.214. The summed E-state index contributed by atoms with van der Waals surface area (Å²) in [5.41, 5.74) is -2.24. The molecule has 0 amide bonds. The zero-order valence-electron chi connectivity index (χ0n) is 24.0. The lowest BCUT2D eigenvalue weighted by molar-refractivity contribution is -0.218. The number of rotatable bonds is 7. The Morgan fingerprint density at radius 3 is 2.38 bits per heavy atom. The maximum Gasteiger partial charge on any atom is 0.331 e. The Hall–Kier alpha value is -2.77. The Labute approximate surface area is 231 Å². The Morgan fingerprint density at radius 2 is 1.74 bits per heavy atom. The zero-order valence-corrected chi connectivity index (χ0v) is 24.0. The summed E-state index contributed by atoms with van der Waals surface area (Å²) in [6.45, 7) is 12.6. The molecule has 0 aromatic heterocycles. The van der Waals surface area contributed by atoms with Crippen molar-refractivity contribution in [1.29, 1.82) is 0 Å². The van der Waals surface area contributed by atoms with E-state index >= 15 is 0 Å². The summed E-state index contributed by atoms with van der Waals surface area (Å²) >= 11 is 0. The Kier molecular flexibility index (Phi) is 7.74. The molecule has 4 aliphatic rings. The van der Waals surface area contributed by atoms with Crippen molar-refractivity contribution in [3.8, 4) is 0 Å². The standard InChI is InChI=1S/C32H42O7/c1-8-9-10-11-12-13-14-15-24(34)38-29-20(4)31(37)22-16-18(2)26(35)25(22)27(36)19(3)17-23(31)28-30(6,7)32(28,29)39-21(5)33/h10-17,20,22-23,25,27-29,36-37H,8-9H2,1-7H3. The van der Waals surface area contributed by atoms with Gasteiger partial charge in [0.25, 0.3) is 0 Å². The molecule has 2 saturated carbocycles. The molecule has 0 radical (unpaired) electrons. The van der Waals surface area contributed by atoms with Crippen molar-refractivity contribution < 1.29 is 34.1 Å². The number of hydrogen-bond acceptors (Lipinski definition) is 7. The van der Waals surface area contributed by atoms with E-state index in [1.807, 2.05) is 38.2 Å². The van der Waals surface area contributed by atoms with Crippen LogP contribution in [0.4, 0.5) is 0 Å². The summed E-state index contributed by atoms with van der Waals surface area (Å²) in [6, 6.07) is 0. The third-order valence-corrected chi connectivity index (χ3v) is 9.67. The minimum absolute atomic E-state index is 0.190. The van der Waals surface area contributed by atoms with Crippen molar-refractivity contribution in [1.82, 2.24) is 0 Å². The second-order valence-electron chi connectivity index (χ2n) is 12.2. The smallest absolute Gasteiger partial charge is 0.331 e. The Bertz CT molecular complexity index is 1190. The first-order valence-electron chi connectivity index (χ1n) is 14.0. The molecule has 7 heteroatoms. The predicted molar refractivity (Wildman–Crippen MR) is 147 cm³/mol. The molecule has 0 heterocycles. The molecular weight excluding hydrogens is 496 g/mol. The number of ether oxygens (including phenoxy) is 2. The summed E-state index contributed by atoms with van der Waals surface area (Å²) in [6.07, 6.45) is 14.0. The molecule has 2 fully saturated rings. The van der Waals surface area contributed by atoms with Gasteiger partial charge in [-0.05, 0) is 31.4 Å². The van der Waals surface area contributed by atoms with E-state index in [0.29, 0.717) is 11.1 Å². The van der Waals surface area contributed by atoms with Gasteiger partial charge in [0.1, 0.15) is 6.10 Å². The van der Waals surface area contributed by atoms with Crippen LogP contribution in [0, 0.1) is 35.0 Å². The fourth-order valence-corrected chi connectivity index (χ4v) is 7.75. The molecule has 9 unspecified atom stereocenters. The topological polar surface area (TPSA) is 110 Å². The second kappa shape index (κ2) is 10.3. The van der Waals surface area contributed by atoms with Gasteiger partial charge in [0.15, 0.2) is 11.4 Å². The van der Waals surface area contributed by atoms with Crippen LogP contribution in [0.5, 0.6) is 0 Å². The molecule has 2 N–H and O–H groups in total. The lowest BCUT2D eigenvalue weighted by Gasteiger charge is -2.52. The molecule has 7 nitrogen and oxygen atoms in total. The predicted octanol–water partition coefficient (Wildman–Crippen LogP) is 4.40. The summed E-state index contributed by atoms with van der Waals surface area (Å²) < 4.78 is 12.1. The monoisotopic (exact) mass is 538 g/mol. The first kappa shape index (κ1) is 29.2. The number of ketones is 1. The van der Waals surface area contributed by atoms with Crippen LogP contribution >= 0.6 is 0 Å². The molecular formula is C32H42O7. The SMILES string of the molecule is CCCC=CC=CC=CC(=O)OC1C(C)C2(O)C3C=C(C)C(=O)C3C(O)C(C)=CC2C2C(C)(C)C12OC(C)=O. The molecule has 4 aliphatic carbocycles. The Morgan fingerprint density at radius 1 is 1.08 bits per heavy atom. The maximum atomic E-state index is 13.1. The highest BCUT2D eigenvalue weighted by atomic mass is 16.6. The largest absolute Gasteiger partial charge is 0.455 e. The number of aliphatic hydroxyl groups is 2. The molecule has 0 aromatic rings. The van der Waals surface area contributed by atoms with Gasteiger partial charge < -0.3 is 19.7 Å². The van der Waals surface area contributed by atoms with E-state index in [-0.39, 0.29) is 5.78 Å². The lowest BCUT2D eigenvalue weighted by Crippen LogP contribution is -2.64. The number of unbranched alkanes of at least 4 members (excludes halogenated alkanes) is 1. The van der Waals surface area contributed by atoms with Crippen LogP contribution < -0.4 is 0 Å².